The smallest absolute Gasteiger partial charge is 0.338 e. The number of hydrogen-bond donors (Lipinski definition) is 0. The van der Waals surface area contributed by atoms with E-state index in [0.717, 1.165) is 12.1 Å². The van der Waals surface area contributed by atoms with E-state index >= 15 is 0 Å². The number of benzene rings is 2. The number of carbonyl (C=O) groups is 2. The fourth-order valence-corrected chi connectivity index (χ4v) is 2.35. The van der Waals surface area contributed by atoms with Crippen molar-refractivity contribution in [2.24, 2.45) is 0 Å². The summed E-state index contributed by atoms with van der Waals surface area (Å²) < 4.78 is 65.9. The monoisotopic (exact) mass is 370 g/mol. The third kappa shape index (κ3) is 3.54. The Bertz CT molecular complexity index is 793. The van der Waals surface area contributed by atoms with E-state index in [1.54, 1.807) is 0 Å². The second-order valence-electron chi connectivity index (χ2n) is 5.01. The van der Waals surface area contributed by atoms with Gasteiger partial charge in [-0.05, 0) is 38.1 Å². The van der Waals surface area contributed by atoms with Crippen molar-refractivity contribution in [2.45, 2.75) is 13.8 Å². The average molecular weight is 370 g/mol. The lowest BCUT2D eigenvalue weighted by atomic mass is 9.93. The molecular formula is C18H14F4O4. The highest BCUT2D eigenvalue weighted by Crippen LogP contribution is 2.35. The largest absolute Gasteiger partial charge is 0.462 e. The molecule has 0 fully saturated rings. The van der Waals surface area contributed by atoms with E-state index in [0.29, 0.717) is 12.1 Å². The molecule has 0 saturated carbocycles. The predicted molar refractivity (Wildman–Crippen MR) is 83.6 cm³/mol. The van der Waals surface area contributed by atoms with Crippen molar-refractivity contribution in [3.8, 4) is 11.1 Å². The summed E-state index contributed by atoms with van der Waals surface area (Å²) in [5, 5.41) is 0. The molecule has 0 unspecified atom stereocenters. The first kappa shape index (κ1) is 19.4. The molecule has 0 heterocycles. The van der Waals surface area contributed by atoms with Gasteiger partial charge in [0.1, 0.15) is 0 Å². The van der Waals surface area contributed by atoms with Gasteiger partial charge in [-0.25, -0.2) is 27.2 Å². The molecule has 0 aliphatic rings. The molecule has 2 aromatic rings. The highest BCUT2D eigenvalue weighted by Gasteiger charge is 2.29. The van der Waals surface area contributed by atoms with Crippen LogP contribution in [0.1, 0.15) is 34.6 Å². The molecule has 0 aliphatic heterocycles. The Hall–Kier alpha value is -2.90. The maximum absolute atomic E-state index is 14.5. The van der Waals surface area contributed by atoms with Gasteiger partial charge >= 0.3 is 11.9 Å². The molecule has 0 N–H and O–H groups in total. The molecule has 2 aromatic carbocycles. The third-order valence-corrected chi connectivity index (χ3v) is 3.43. The number of rotatable bonds is 5. The fraction of sp³-hybridized carbons (Fsp3) is 0.222. The van der Waals surface area contributed by atoms with E-state index in [1.807, 2.05) is 0 Å². The first-order chi connectivity index (χ1) is 12.3. The Labute approximate surface area is 146 Å². The van der Waals surface area contributed by atoms with Crippen molar-refractivity contribution < 1.29 is 36.6 Å². The van der Waals surface area contributed by atoms with Crippen molar-refractivity contribution in [2.75, 3.05) is 13.2 Å². The van der Waals surface area contributed by atoms with Gasteiger partial charge in [-0.15, -0.1) is 0 Å². The SMILES string of the molecule is CCOC(=O)c1ccc(F)c(F)c1-c1c(C(=O)OCC)ccc(F)c1F. The summed E-state index contributed by atoms with van der Waals surface area (Å²) in [6, 6.07) is 3.02. The van der Waals surface area contributed by atoms with E-state index in [2.05, 4.69) is 0 Å². The number of esters is 2. The minimum absolute atomic E-state index is 0.0896. The van der Waals surface area contributed by atoms with Gasteiger partial charge in [0.25, 0.3) is 0 Å². The molecule has 0 bridgehead atoms. The summed E-state index contributed by atoms with van der Waals surface area (Å²) in [5.41, 5.74) is -2.94. The van der Waals surface area contributed by atoms with Gasteiger partial charge in [-0.3, -0.25) is 0 Å². The molecule has 8 heteroatoms. The van der Waals surface area contributed by atoms with Gasteiger partial charge in [0.15, 0.2) is 23.3 Å². The van der Waals surface area contributed by atoms with E-state index in [4.69, 9.17) is 9.47 Å². The van der Waals surface area contributed by atoms with Crippen LogP contribution in [0.4, 0.5) is 17.6 Å². The van der Waals surface area contributed by atoms with Crippen LogP contribution in [-0.2, 0) is 9.47 Å². The summed E-state index contributed by atoms with van der Waals surface area (Å²) in [7, 11) is 0. The Balaban J connectivity index is 2.87. The van der Waals surface area contributed by atoms with E-state index in [-0.39, 0.29) is 13.2 Å². The van der Waals surface area contributed by atoms with Crippen molar-refractivity contribution >= 4 is 11.9 Å². The summed E-state index contributed by atoms with van der Waals surface area (Å²) in [6.07, 6.45) is 0. The van der Waals surface area contributed by atoms with Crippen LogP contribution < -0.4 is 0 Å². The van der Waals surface area contributed by atoms with Crippen LogP contribution in [0.2, 0.25) is 0 Å². The summed E-state index contributed by atoms with van der Waals surface area (Å²) in [6.45, 7) is 2.77. The zero-order chi connectivity index (χ0) is 19.4. The van der Waals surface area contributed by atoms with Crippen molar-refractivity contribution in [3.63, 3.8) is 0 Å². The lowest BCUT2D eigenvalue weighted by Gasteiger charge is -2.15. The van der Waals surface area contributed by atoms with Crippen LogP contribution in [0.5, 0.6) is 0 Å². The van der Waals surface area contributed by atoms with Gasteiger partial charge in [-0.2, -0.15) is 0 Å². The van der Waals surface area contributed by atoms with Crippen LogP contribution in [0.3, 0.4) is 0 Å². The maximum Gasteiger partial charge on any atom is 0.338 e. The number of halogens is 4. The van der Waals surface area contributed by atoms with Crippen LogP contribution in [0.25, 0.3) is 11.1 Å². The molecule has 0 radical (unpaired) electrons. The number of ether oxygens (including phenoxy) is 2. The highest BCUT2D eigenvalue weighted by molar-refractivity contribution is 6.03. The van der Waals surface area contributed by atoms with Gasteiger partial charge in [0.2, 0.25) is 0 Å². The number of hydrogen-bond acceptors (Lipinski definition) is 4. The van der Waals surface area contributed by atoms with Crippen molar-refractivity contribution in [3.05, 3.63) is 58.7 Å². The molecule has 0 amide bonds. The van der Waals surface area contributed by atoms with Crippen LogP contribution in [0.15, 0.2) is 24.3 Å². The molecule has 0 saturated heterocycles. The highest BCUT2D eigenvalue weighted by atomic mass is 19.2. The van der Waals surface area contributed by atoms with Crippen LogP contribution >= 0.6 is 0 Å². The average Bonchev–Trinajstić information content (AvgIpc) is 2.60. The van der Waals surface area contributed by atoms with Gasteiger partial charge < -0.3 is 9.47 Å². The van der Waals surface area contributed by atoms with Crippen molar-refractivity contribution in [1.29, 1.82) is 0 Å². The normalized spacial score (nSPS) is 10.5. The lowest BCUT2D eigenvalue weighted by molar-refractivity contribution is 0.0514. The first-order valence-corrected chi connectivity index (χ1v) is 7.64. The molecule has 26 heavy (non-hydrogen) atoms. The fourth-order valence-electron chi connectivity index (χ4n) is 2.35. The summed E-state index contributed by atoms with van der Waals surface area (Å²) in [5.74, 6) is -8.23. The Kier molecular flexibility index (Phi) is 5.97. The molecule has 4 nitrogen and oxygen atoms in total. The zero-order valence-corrected chi connectivity index (χ0v) is 13.9. The molecule has 2 rings (SSSR count). The molecule has 0 aromatic heterocycles. The molecule has 138 valence electrons. The van der Waals surface area contributed by atoms with E-state index in [9.17, 15) is 27.2 Å². The van der Waals surface area contributed by atoms with Crippen molar-refractivity contribution in [1.82, 2.24) is 0 Å². The Morgan fingerprint density at radius 3 is 1.38 bits per heavy atom. The minimum atomic E-state index is -1.62. The Morgan fingerprint density at radius 2 is 1.08 bits per heavy atom. The summed E-state index contributed by atoms with van der Waals surface area (Å²) in [4.78, 5) is 24.1. The van der Waals surface area contributed by atoms with Gasteiger partial charge in [0, 0.05) is 11.1 Å². The standard InChI is InChI=1S/C18H14F4O4/c1-3-25-17(23)9-5-7-11(19)15(21)13(9)14-10(18(24)26-4-2)6-8-12(20)16(14)22/h5-8H,3-4H2,1-2H3. The lowest BCUT2D eigenvalue weighted by Crippen LogP contribution is -2.13. The Morgan fingerprint density at radius 1 is 0.731 bits per heavy atom. The van der Waals surface area contributed by atoms with Gasteiger partial charge in [0.05, 0.1) is 24.3 Å². The zero-order valence-electron chi connectivity index (χ0n) is 13.9. The number of carbonyl (C=O) groups excluding carboxylic acids is 2. The summed E-state index contributed by atoms with van der Waals surface area (Å²) >= 11 is 0. The second kappa shape index (κ2) is 7.99. The maximum atomic E-state index is 14.5. The topological polar surface area (TPSA) is 52.6 Å². The second-order valence-corrected chi connectivity index (χ2v) is 5.01. The van der Waals surface area contributed by atoms with Crippen LogP contribution in [-0.4, -0.2) is 25.2 Å². The molecule has 0 atom stereocenters. The van der Waals surface area contributed by atoms with E-state index in [1.165, 1.54) is 13.8 Å². The molecular weight excluding hydrogens is 356 g/mol. The quantitative estimate of drug-likeness (QED) is 0.583. The molecule has 0 spiro atoms. The predicted octanol–water partition coefficient (Wildman–Crippen LogP) is 4.26. The molecule has 0 aliphatic carbocycles. The van der Waals surface area contributed by atoms with Gasteiger partial charge in [-0.1, -0.05) is 0 Å². The minimum Gasteiger partial charge on any atom is -0.462 e. The van der Waals surface area contributed by atoms with Crippen LogP contribution in [0, 0.1) is 23.3 Å². The third-order valence-electron chi connectivity index (χ3n) is 3.43. The van der Waals surface area contributed by atoms with E-state index < -0.39 is 57.5 Å². The first-order valence-electron chi connectivity index (χ1n) is 7.64.